The molecule has 3 aromatic rings. The Kier molecular flexibility index (Phi) is 3.03. The van der Waals surface area contributed by atoms with Crippen LogP contribution in [0.4, 0.5) is 5.82 Å². The molecule has 0 saturated heterocycles. The highest BCUT2D eigenvalue weighted by Crippen LogP contribution is 2.34. The third-order valence-electron chi connectivity index (χ3n) is 3.93. The van der Waals surface area contributed by atoms with E-state index in [1.165, 1.54) is 18.4 Å². The zero-order valence-corrected chi connectivity index (χ0v) is 11.7. The van der Waals surface area contributed by atoms with Crippen LogP contribution >= 0.6 is 0 Å². The molecular formula is C16H16N4O. The molecule has 106 valence electrons. The van der Waals surface area contributed by atoms with E-state index in [9.17, 15) is 0 Å². The van der Waals surface area contributed by atoms with Crippen LogP contribution < -0.4 is 5.32 Å². The summed E-state index contributed by atoms with van der Waals surface area (Å²) >= 11 is 0. The van der Waals surface area contributed by atoms with Gasteiger partial charge in [-0.3, -0.25) is 4.98 Å². The molecule has 0 fully saturated rings. The second-order valence-electron chi connectivity index (χ2n) is 5.33. The molecule has 0 bridgehead atoms. The Morgan fingerprint density at radius 3 is 3.05 bits per heavy atom. The number of anilines is 1. The summed E-state index contributed by atoms with van der Waals surface area (Å²) in [6.45, 7) is 0.694. The first-order chi connectivity index (χ1) is 10.4. The van der Waals surface area contributed by atoms with Crippen molar-refractivity contribution in [2.75, 3.05) is 5.32 Å². The smallest absolute Gasteiger partial charge is 0.231 e. The number of furan rings is 1. The highest BCUT2D eigenvalue weighted by atomic mass is 16.3. The lowest BCUT2D eigenvalue weighted by atomic mass is 9.96. The van der Waals surface area contributed by atoms with Gasteiger partial charge in [0.1, 0.15) is 17.9 Å². The van der Waals surface area contributed by atoms with Gasteiger partial charge in [0.15, 0.2) is 0 Å². The van der Waals surface area contributed by atoms with E-state index < -0.39 is 0 Å². The van der Waals surface area contributed by atoms with Gasteiger partial charge in [0.05, 0.1) is 5.39 Å². The van der Waals surface area contributed by atoms with E-state index in [1.807, 2.05) is 18.3 Å². The molecule has 0 radical (unpaired) electrons. The summed E-state index contributed by atoms with van der Waals surface area (Å²) in [4.78, 5) is 12.8. The van der Waals surface area contributed by atoms with Gasteiger partial charge in [-0.25, -0.2) is 9.97 Å². The highest BCUT2D eigenvalue weighted by Gasteiger charge is 2.21. The first-order valence-electron chi connectivity index (χ1n) is 7.30. The van der Waals surface area contributed by atoms with Gasteiger partial charge in [-0.15, -0.1) is 0 Å². The Morgan fingerprint density at radius 1 is 1.19 bits per heavy atom. The lowest BCUT2D eigenvalue weighted by molar-refractivity contribution is 0.499. The molecule has 21 heavy (non-hydrogen) atoms. The van der Waals surface area contributed by atoms with Crippen molar-refractivity contribution in [1.29, 1.82) is 0 Å². The van der Waals surface area contributed by atoms with Crippen LogP contribution in [0, 0.1) is 0 Å². The highest BCUT2D eigenvalue weighted by molar-refractivity contribution is 5.90. The second-order valence-corrected chi connectivity index (χ2v) is 5.33. The Balaban J connectivity index is 1.70. The lowest BCUT2D eigenvalue weighted by Crippen LogP contribution is -2.04. The number of nitrogens with zero attached hydrogens (tertiary/aromatic N) is 3. The Morgan fingerprint density at radius 2 is 2.14 bits per heavy atom. The number of aryl methyl sites for hydroxylation is 2. The van der Waals surface area contributed by atoms with Gasteiger partial charge in [0.25, 0.3) is 0 Å². The summed E-state index contributed by atoms with van der Waals surface area (Å²) in [6.07, 6.45) is 9.65. The van der Waals surface area contributed by atoms with Gasteiger partial charge in [0, 0.05) is 30.9 Å². The predicted octanol–water partition coefficient (Wildman–Crippen LogP) is 3.11. The van der Waals surface area contributed by atoms with Crippen LogP contribution in [0.1, 0.15) is 29.7 Å². The van der Waals surface area contributed by atoms with Gasteiger partial charge in [-0.2, -0.15) is 0 Å². The van der Waals surface area contributed by atoms with Gasteiger partial charge in [0.2, 0.25) is 5.71 Å². The van der Waals surface area contributed by atoms with Gasteiger partial charge in [-0.1, -0.05) is 6.07 Å². The summed E-state index contributed by atoms with van der Waals surface area (Å²) in [5.41, 5.74) is 3.11. The largest absolute Gasteiger partial charge is 0.442 e. The maximum atomic E-state index is 5.88. The molecule has 1 aliphatic rings. The van der Waals surface area contributed by atoms with Crippen LogP contribution in [0.2, 0.25) is 0 Å². The molecule has 3 heterocycles. The van der Waals surface area contributed by atoms with Crippen molar-refractivity contribution < 1.29 is 4.42 Å². The molecule has 4 rings (SSSR count). The van der Waals surface area contributed by atoms with Crippen LogP contribution in [0.15, 0.2) is 35.3 Å². The molecule has 0 aliphatic heterocycles. The number of pyridine rings is 1. The normalized spacial score (nSPS) is 14.1. The van der Waals surface area contributed by atoms with Crippen molar-refractivity contribution in [2.45, 2.75) is 32.2 Å². The van der Waals surface area contributed by atoms with Gasteiger partial charge < -0.3 is 9.73 Å². The average molecular weight is 280 g/mol. The van der Waals surface area contributed by atoms with Crippen LogP contribution in [0.25, 0.3) is 11.1 Å². The molecule has 1 N–H and O–H groups in total. The molecular weight excluding hydrogens is 264 g/mol. The minimum absolute atomic E-state index is 0.694. The molecule has 5 nitrogen and oxygen atoms in total. The van der Waals surface area contributed by atoms with E-state index in [1.54, 1.807) is 12.5 Å². The molecule has 0 amide bonds. The number of fused-ring (bicyclic) bond motifs is 3. The fourth-order valence-electron chi connectivity index (χ4n) is 2.91. The maximum Gasteiger partial charge on any atom is 0.231 e. The number of nitrogens with one attached hydrogen (secondary N) is 1. The zero-order chi connectivity index (χ0) is 14.1. The van der Waals surface area contributed by atoms with Crippen LogP contribution in [-0.4, -0.2) is 15.0 Å². The minimum atomic E-state index is 0.694. The minimum Gasteiger partial charge on any atom is -0.442 e. The Labute approximate surface area is 122 Å². The fraction of sp³-hybridized carbons (Fsp3) is 0.312. The monoisotopic (exact) mass is 280 g/mol. The van der Waals surface area contributed by atoms with Crippen molar-refractivity contribution in [1.82, 2.24) is 15.0 Å². The standard InChI is InChI=1S/C16H16N4O/c1-2-6-13-12(5-1)14-15(19-10-20-16(14)21-13)18-9-11-4-3-7-17-8-11/h3-4,7-8,10H,1-2,5-6,9H2,(H,18,19,20). The van der Waals surface area contributed by atoms with Gasteiger partial charge in [-0.05, 0) is 30.9 Å². The molecule has 5 heteroatoms. The average Bonchev–Trinajstić information content (AvgIpc) is 2.93. The molecule has 1 aliphatic carbocycles. The molecule has 3 aromatic heterocycles. The summed E-state index contributed by atoms with van der Waals surface area (Å²) in [7, 11) is 0. The quantitative estimate of drug-likeness (QED) is 0.798. The van der Waals surface area contributed by atoms with E-state index >= 15 is 0 Å². The third kappa shape index (κ3) is 2.24. The van der Waals surface area contributed by atoms with E-state index in [-0.39, 0.29) is 0 Å². The molecule has 0 atom stereocenters. The number of hydrogen-bond acceptors (Lipinski definition) is 5. The van der Waals surface area contributed by atoms with E-state index in [4.69, 9.17) is 4.42 Å². The van der Waals surface area contributed by atoms with Crippen molar-refractivity contribution in [2.24, 2.45) is 0 Å². The zero-order valence-electron chi connectivity index (χ0n) is 11.7. The van der Waals surface area contributed by atoms with Crippen molar-refractivity contribution in [3.63, 3.8) is 0 Å². The number of rotatable bonds is 3. The van der Waals surface area contributed by atoms with E-state index in [0.29, 0.717) is 12.3 Å². The van der Waals surface area contributed by atoms with Crippen molar-refractivity contribution in [3.8, 4) is 0 Å². The SMILES string of the molecule is c1cncc(CNc2ncnc3oc4c(c23)CCCC4)c1. The fourth-order valence-corrected chi connectivity index (χ4v) is 2.91. The van der Waals surface area contributed by atoms with Gasteiger partial charge >= 0.3 is 0 Å². The summed E-state index contributed by atoms with van der Waals surface area (Å²) < 4.78 is 5.88. The van der Waals surface area contributed by atoms with Crippen LogP contribution in [0.3, 0.4) is 0 Å². The molecule has 0 saturated carbocycles. The van der Waals surface area contributed by atoms with Crippen molar-refractivity contribution in [3.05, 3.63) is 47.7 Å². The first kappa shape index (κ1) is 12.3. The predicted molar refractivity (Wildman–Crippen MR) is 80.0 cm³/mol. The Hall–Kier alpha value is -2.43. The molecule has 0 aromatic carbocycles. The first-order valence-corrected chi connectivity index (χ1v) is 7.30. The topological polar surface area (TPSA) is 63.8 Å². The van der Waals surface area contributed by atoms with Crippen LogP contribution in [0.5, 0.6) is 0 Å². The molecule has 0 spiro atoms. The third-order valence-corrected chi connectivity index (χ3v) is 3.93. The van der Waals surface area contributed by atoms with E-state index in [2.05, 4.69) is 20.3 Å². The maximum absolute atomic E-state index is 5.88. The Bertz CT molecular complexity index is 767. The number of aromatic nitrogens is 3. The molecule has 0 unspecified atom stereocenters. The second kappa shape index (κ2) is 5.16. The van der Waals surface area contributed by atoms with Crippen molar-refractivity contribution >= 4 is 16.9 Å². The van der Waals surface area contributed by atoms with E-state index in [0.717, 1.165) is 35.4 Å². The number of hydrogen-bond donors (Lipinski definition) is 1. The summed E-state index contributed by atoms with van der Waals surface area (Å²) in [5, 5.41) is 4.44. The van der Waals surface area contributed by atoms with Crippen LogP contribution in [-0.2, 0) is 19.4 Å². The summed E-state index contributed by atoms with van der Waals surface area (Å²) in [6, 6.07) is 3.98. The lowest BCUT2D eigenvalue weighted by Gasteiger charge is -2.10. The summed E-state index contributed by atoms with van der Waals surface area (Å²) in [5.74, 6) is 1.94.